The third-order valence-electron chi connectivity index (χ3n) is 5.71. The predicted molar refractivity (Wildman–Crippen MR) is 142 cm³/mol. The molecule has 0 spiro atoms. The van der Waals surface area contributed by atoms with Gasteiger partial charge in [0.2, 0.25) is 0 Å². The quantitative estimate of drug-likeness (QED) is 0.256. The molecule has 7 nitrogen and oxygen atoms in total. The van der Waals surface area contributed by atoms with Crippen LogP contribution in [-0.2, 0) is 40.5 Å². The molecule has 0 aromatic heterocycles. The van der Waals surface area contributed by atoms with E-state index in [1.165, 1.54) is 6.07 Å². The molecule has 7 heteroatoms. The number of aromatic hydroxyl groups is 1. The number of carbonyl (C=O) groups excluding carboxylic acids is 2. The molecule has 0 unspecified atom stereocenters. The molecule has 1 atom stereocenters. The van der Waals surface area contributed by atoms with Crippen molar-refractivity contribution < 1.29 is 28.9 Å². The van der Waals surface area contributed by atoms with Crippen molar-refractivity contribution in [1.29, 1.82) is 0 Å². The zero-order chi connectivity index (χ0) is 26.6. The summed E-state index contributed by atoms with van der Waals surface area (Å²) in [6.07, 6.45) is -0.664. The Morgan fingerprint density at radius 3 is 1.74 bits per heavy atom. The third kappa shape index (κ3) is 8.13. The lowest BCUT2D eigenvalue weighted by Crippen LogP contribution is -2.43. The summed E-state index contributed by atoms with van der Waals surface area (Å²) < 4.78 is 16.5. The summed E-state index contributed by atoms with van der Waals surface area (Å²) in [5, 5.41) is 13.1. The number of rotatable bonds is 11. The average Bonchev–Trinajstić information content (AvgIpc) is 2.95. The van der Waals surface area contributed by atoms with Crippen molar-refractivity contribution >= 4 is 12.1 Å². The molecule has 4 rings (SSSR count). The Labute approximate surface area is 221 Å². The van der Waals surface area contributed by atoms with Gasteiger partial charge in [-0.2, -0.15) is 0 Å². The van der Waals surface area contributed by atoms with Gasteiger partial charge in [-0.15, -0.1) is 0 Å². The molecule has 0 aliphatic rings. The fourth-order valence-corrected chi connectivity index (χ4v) is 3.71. The molecule has 4 aromatic rings. The highest BCUT2D eigenvalue weighted by atomic mass is 16.6. The Morgan fingerprint density at radius 2 is 1.18 bits per heavy atom. The van der Waals surface area contributed by atoms with Crippen LogP contribution in [0.3, 0.4) is 0 Å². The van der Waals surface area contributed by atoms with Gasteiger partial charge in [0, 0.05) is 6.42 Å². The van der Waals surface area contributed by atoms with Crippen LogP contribution < -0.4 is 10.1 Å². The van der Waals surface area contributed by atoms with Crippen LogP contribution in [0.4, 0.5) is 4.79 Å². The molecule has 0 aliphatic carbocycles. The number of hydrogen-bond donors (Lipinski definition) is 2. The lowest BCUT2D eigenvalue weighted by atomic mass is 10.1. The highest BCUT2D eigenvalue weighted by Crippen LogP contribution is 2.28. The molecule has 0 saturated carbocycles. The summed E-state index contributed by atoms with van der Waals surface area (Å²) in [5.74, 6) is -0.369. The Balaban J connectivity index is 1.40. The van der Waals surface area contributed by atoms with Gasteiger partial charge in [0.15, 0.2) is 11.5 Å². The van der Waals surface area contributed by atoms with Crippen molar-refractivity contribution in [2.24, 2.45) is 0 Å². The summed E-state index contributed by atoms with van der Waals surface area (Å²) >= 11 is 0. The molecular formula is C31H29NO6. The van der Waals surface area contributed by atoms with E-state index in [9.17, 15) is 14.7 Å². The number of benzene rings is 4. The maximum Gasteiger partial charge on any atom is 0.408 e. The summed E-state index contributed by atoms with van der Waals surface area (Å²) in [5.41, 5.74) is 3.22. The summed E-state index contributed by atoms with van der Waals surface area (Å²) in [7, 11) is 0. The van der Waals surface area contributed by atoms with Crippen LogP contribution in [0.25, 0.3) is 0 Å². The fraction of sp³-hybridized carbons (Fsp3) is 0.161. The first-order chi connectivity index (χ1) is 18.6. The Hall–Kier alpha value is -4.78. The van der Waals surface area contributed by atoms with Gasteiger partial charge < -0.3 is 24.6 Å². The number of hydrogen-bond acceptors (Lipinski definition) is 6. The zero-order valence-electron chi connectivity index (χ0n) is 20.8. The highest BCUT2D eigenvalue weighted by Gasteiger charge is 2.24. The molecule has 38 heavy (non-hydrogen) atoms. The molecule has 0 fully saturated rings. The largest absolute Gasteiger partial charge is 0.504 e. The number of esters is 1. The van der Waals surface area contributed by atoms with Gasteiger partial charge in [0.25, 0.3) is 0 Å². The van der Waals surface area contributed by atoms with E-state index in [-0.39, 0.29) is 25.4 Å². The number of alkyl carbamates (subject to hydrolysis) is 1. The first-order valence-corrected chi connectivity index (χ1v) is 12.2. The maximum atomic E-state index is 13.0. The van der Waals surface area contributed by atoms with Gasteiger partial charge in [0.1, 0.15) is 25.9 Å². The van der Waals surface area contributed by atoms with Gasteiger partial charge in [-0.1, -0.05) is 97.1 Å². The lowest BCUT2D eigenvalue weighted by Gasteiger charge is -2.18. The number of ether oxygens (including phenoxy) is 3. The minimum absolute atomic E-state index is 0.0622. The van der Waals surface area contributed by atoms with E-state index in [1.807, 2.05) is 91.0 Å². The highest BCUT2D eigenvalue weighted by molar-refractivity contribution is 5.81. The van der Waals surface area contributed by atoms with Crippen LogP contribution in [0, 0.1) is 0 Å². The van der Waals surface area contributed by atoms with Crippen LogP contribution in [0.15, 0.2) is 109 Å². The minimum Gasteiger partial charge on any atom is -0.504 e. The van der Waals surface area contributed by atoms with Gasteiger partial charge in [0.05, 0.1) is 0 Å². The normalized spacial score (nSPS) is 11.3. The number of amides is 1. The Kier molecular flexibility index (Phi) is 9.34. The topological polar surface area (TPSA) is 94.1 Å². The van der Waals surface area contributed by atoms with Gasteiger partial charge >= 0.3 is 12.1 Å². The van der Waals surface area contributed by atoms with Gasteiger partial charge in [-0.25, -0.2) is 9.59 Å². The van der Waals surface area contributed by atoms with Crippen LogP contribution in [-0.4, -0.2) is 23.2 Å². The Morgan fingerprint density at radius 1 is 0.658 bits per heavy atom. The molecule has 0 bridgehead atoms. The summed E-state index contributed by atoms with van der Waals surface area (Å²) in [6, 6.07) is 31.9. The standard InChI is InChI=1S/C31H29NO6/c33-28-19-26(16-17-29(28)36-20-23-10-4-1-5-11-23)18-27(30(34)37-21-24-12-6-2-7-13-24)32-31(35)38-22-25-14-8-3-9-15-25/h1-17,19,27,33H,18,20-22H2,(H,32,35)/t27-/m0/s1. The molecular weight excluding hydrogens is 482 g/mol. The fourth-order valence-electron chi connectivity index (χ4n) is 3.71. The van der Waals surface area contributed by atoms with E-state index in [0.717, 1.165) is 16.7 Å². The SMILES string of the molecule is O=C(N[C@@H](Cc1ccc(OCc2ccccc2)c(O)c1)C(=O)OCc1ccccc1)OCc1ccccc1. The molecule has 0 saturated heterocycles. The monoisotopic (exact) mass is 511 g/mol. The predicted octanol–water partition coefficient (Wildman–Crippen LogP) is 5.55. The summed E-state index contributed by atoms with van der Waals surface area (Å²) in [4.78, 5) is 25.5. The van der Waals surface area contributed by atoms with E-state index in [0.29, 0.717) is 17.9 Å². The molecule has 0 radical (unpaired) electrons. The number of carbonyl (C=O) groups is 2. The molecule has 2 N–H and O–H groups in total. The van der Waals surface area contributed by atoms with E-state index in [2.05, 4.69) is 5.32 Å². The first-order valence-electron chi connectivity index (χ1n) is 12.2. The van der Waals surface area contributed by atoms with Crippen LogP contribution in [0.5, 0.6) is 11.5 Å². The first kappa shape index (κ1) is 26.3. The van der Waals surface area contributed by atoms with Crippen LogP contribution >= 0.6 is 0 Å². The maximum absolute atomic E-state index is 13.0. The minimum atomic E-state index is -1.03. The molecule has 0 aliphatic heterocycles. The summed E-state index contributed by atoms with van der Waals surface area (Å²) in [6.45, 7) is 0.429. The van der Waals surface area contributed by atoms with Crippen molar-refractivity contribution in [3.05, 3.63) is 131 Å². The molecule has 4 aromatic carbocycles. The van der Waals surface area contributed by atoms with Crippen LogP contribution in [0.2, 0.25) is 0 Å². The second-order valence-electron chi connectivity index (χ2n) is 8.63. The lowest BCUT2D eigenvalue weighted by molar-refractivity contribution is -0.147. The van der Waals surface area contributed by atoms with Crippen molar-refractivity contribution in [1.82, 2.24) is 5.32 Å². The molecule has 194 valence electrons. The van der Waals surface area contributed by atoms with E-state index >= 15 is 0 Å². The van der Waals surface area contributed by atoms with Gasteiger partial charge in [-0.05, 0) is 34.4 Å². The van der Waals surface area contributed by atoms with E-state index < -0.39 is 18.1 Å². The van der Waals surface area contributed by atoms with Crippen molar-refractivity contribution in [3.63, 3.8) is 0 Å². The second-order valence-corrected chi connectivity index (χ2v) is 8.63. The number of phenolic OH excluding ortho intramolecular Hbond substituents is 1. The van der Waals surface area contributed by atoms with Crippen LogP contribution in [0.1, 0.15) is 22.3 Å². The second kappa shape index (κ2) is 13.5. The van der Waals surface area contributed by atoms with Crippen molar-refractivity contribution in [2.45, 2.75) is 32.3 Å². The average molecular weight is 512 g/mol. The smallest absolute Gasteiger partial charge is 0.408 e. The van der Waals surface area contributed by atoms with Crippen molar-refractivity contribution in [3.8, 4) is 11.5 Å². The molecule has 1 amide bonds. The Bertz CT molecular complexity index is 1310. The van der Waals surface area contributed by atoms with Crippen molar-refractivity contribution in [2.75, 3.05) is 0 Å². The zero-order valence-corrected chi connectivity index (χ0v) is 20.8. The van der Waals surface area contributed by atoms with E-state index in [4.69, 9.17) is 14.2 Å². The number of nitrogens with one attached hydrogen (secondary N) is 1. The molecule has 0 heterocycles. The number of phenols is 1. The third-order valence-corrected chi connectivity index (χ3v) is 5.71. The van der Waals surface area contributed by atoms with Gasteiger partial charge in [-0.3, -0.25) is 0 Å². The van der Waals surface area contributed by atoms with E-state index in [1.54, 1.807) is 12.1 Å².